The Morgan fingerprint density at radius 1 is 1.36 bits per heavy atom. The van der Waals surface area contributed by atoms with Gasteiger partial charge in [-0.1, -0.05) is 20.8 Å². The maximum atomic E-state index is 11.3. The lowest BCUT2D eigenvalue weighted by Crippen LogP contribution is -2.43. The molecule has 0 radical (unpaired) electrons. The summed E-state index contributed by atoms with van der Waals surface area (Å²) < 4.78 is 0. The Morgan fingerprint density at radius 2 is 1.86 bits per heavy atom. The van der Waals surface area contributed by atoms with Gasteiger partial charge in [0, 0.05) is 25.6 Å². The van der Waals surface area contributed by atoms with E-state index in [4.69, 9.17) is 0 Å². The van der Waals surface area contributed by atoms with Gasteiger partial charge in [-0.25, -0.2) is 0 Å². The van der Waals surface area contributed by atoms with Crippen molar-refractivity contribution in [1.29, 1.82) is 0 Å². The normalized spacial score (nSPS) is 17.3. The van der Waals surface area contributed by atoms with E-state index in [1.165, 1.54) is 0 Å². The minimum Gasteiger partial charge on any atom is -0.343 e. The number of carbonyl (C=O) groups excluding carboxylic acids is 1. The predicted molar refractivity (Wildman–Crippen MR) is 60.3 cm³/mol. The molecule has 1 fully saturated rings. The third-order valence-electron chi connectivity index (χ3n) is 2.56. The molecule has 0 bridgehead atoms. The van der Waals surface area contributed by atoms with Gasteiger partial charge in [-0.2, -0.15) is 0 Å². The maximum Gasteiger partial charge on any atom is 0.222 e. The molecular weight excluding hydrogens is 176 g/mol. The number of carbonyl (C=O) groups is 1. The minimum atomic E-state index is 0.296. The Balaban J connectivity index is 0.000000791. The van der Waals surface area contributed by atoms with E-state index in [9.17, 15) is 4.79 Å². The van der Waals surface area contributed by atoms with Crippen molar-refractivity contribution in [3.63, 3.8) is 0 Å². The summed E-state index contributed by atoms with van der Waals surface area (Å²) >= 11 is 0. The summed E-state index contributed by atoms with van der Waals surface area (Å²) in [7, 11) is 1.99. The van der Waals surface area contributed by atoms with Crippen molar-refractivity contribution >= 4 is 5.91 Å². The van der Waals surface area contributed by atoms with Gasteiger partial charge >= 0.3 is 0 Å². The largest absolute Gasteiger partial charge is 0.343 e. The van der Waals surface area contributed by atoms with Crippen LogP contribution in [0.4, 0.5) is 0 Å². The zero-order valence-electron chi connectivity index (χ0n) is 9.97. The van der Waals surface area contributed by atoms with Gasteiger partial charge in [0.15, 0.2) is 0 Å². The summed E-state index contributed by atoms with van der Waals surface area (Å²) in [6, 6.07) is 0.617. The zero-order valence-corrected chi connectivity index (χ0v) is 9.97. The standard InChI is InChI=1S/C9H18N2O.C2H6/c1-3-9(12)11-6-4-8(10-2)5-7-11;1-2/h8,10H,3-7H2,1-2H3;1-2H3. The molecule has 14 heavy (non-hydrogen) atoms. The fourth-order valence-corrected chi connectivity index (χ4v) is 1.64. The molecule has 1 aliphatic rings. The summed E-state index contributed by atoms with van der Waals surface area (Å²) in [6.45, 7) is 7.78. The molecule has 1 saturated heterocycles. The van der Waals surface area contributed by atoms with Crippen LogP contribution in [0.1, 0.15) is 40.0 Å². The SMILES string of the molecule is CC.CCC(=O)N1CCC(NC)CC1. The highest BCUT2D eigenvalue weighted by Gasteiger charge is 2.19. The first kappa shape index (κ1) is 13.4. The fourth-order valence-electron chi connectivity index (χ4n) is 1.64. The number of likely N-dealkylation sites (tertiary alicyclic amines) is 1. The first-order chi connectivity index (χ1) is 6.77. The lowest BCUT2D eigenvalue weighted by atomic mass is 10.1. The highest BCUT2D eigenvalue weighted by Crippen LogP contribution is 2.10. The number of hydrogen-bond acceptors (Lipinski definition) is 2. The van der Waals surface area contributed by atoms with E-state index in [1.54, 1.807) is 0 Å². The van der Waals surface area contributed by atoms with E-state index in [0.29, 0.717) is 18.4 Å². The molecule has 0 aromatic carbocycles. The molecular formula is C11H24N2O. The molecule has 3 heteroatoms. The predicted octanol–water partition coefficient (Wildman–Crippen LogP) is 1.63. The zero-order chi connectivity index (χ0) is 11.0. The van der Waals surface area contributed by atoms with Crippen LogP contribution < -0.4 is 5.32 Å². The van der Waals surface area contributed by atoms with E-state index < -0.39 is 0 Å². The van der Waals surface area contributed by atoms with Gasteiger partial charge in [0.05, 0.1) is 0 Å². The van der Waals surface area contributed by atoms with Crippen molar-refractivity contribution in [3.8, 4) is 0 Å². The van der Waals surface area contributed by atoms with Crippen LogP contribution in [0.25, 0.3) is 0 Å². The molecule has 84 valence electrons. The Labute approximate surface area is 87.9 Å². The van der Waals surface area contributed by atoms with Crippen LogP contribution in [0.5, 0.6) is 0 Å². The van der Waals surface area contributed by atoms with Crippen molar-refractivity contribution in [1.82, 2.24) is 10.2 Å². The van der Waals surface area contributed by atoms with Crippen LogP contribution in [0.15, 0.2) is 0 Å². The molecule has 0 aliphatic carbocycles. The molecule has 0 spiro atoms. The Hall–Kier alpha value is -0.570. The summed E-state index contributed by atoms with van der Waals surface area (Å²) in [6.07, 6.45) is 2.84. The summed E-state index contributed by atoms with van der Waals surface area (Å²) in [5.74, 6) is 0.296. The molecule has 3 nitrogen and oxygen atoms in total. The second-order valence-corrected chi connectivity index (χ2v) is 3.30. The van der Waals surface area contributed by atoms with Gasteiger partial charge in [0.1, 0.15) is 0 Å². The first-order valence-corrected chi connectivity index (χ1v) is 5.73. The van der Waals surface area contributed by atoms with Crippen LogP contribution >= 0.6 is 0 Å². The molecule has 0 aromatic heterocycles. The molecule has 1 amide bonds. The van der Waals surface area contributed by atoms with Gasteiger partial charge in [-0.15, -0.1) is 0 Å². The molecule has 0 aromatic rings. The van der Waals surface area contributed by atoms with Crippen LogP contribution in [-0.2, 0) is 4.79 Å². The number of nitrogens with zero attached hydrogens (tertiary/aromatic N) is 1. The summed E-state index contributed by atoms with van der Waals surface area (Å²) in [5, 5.41) is 3.24. The van der Waals surface area contributed by atoms with Gasteiger partial charge in [0.25, 0.3) is 0 Å². The average molecular weight is 200 g/mol. The van der Waals surface area contributed by atoms with Crippen LogP contribution in [0, 0.1) is 0 Å². The molecule has 1 N–H and O–H groups in total. The van der Waals surface area contributed by atoms with E-state index in [0.717, 1.165) is 25.9 Å². The lowest BCUT2D eigenvalue weighted by Gasteiger charge is -2.31. The molecule has 0 unspecified atom stereocenters. The summed E-state index contributed by atoms with van der Waals surface area (Å²) in [4.78, 5) is 13.2. The maximum absolute atomic E-state index is 11.3. The van der Waals surface area contributed by atoms with Crippen molar-refractivity contribution in [2.45, 2.75) is 46.1 Å². The smallest absolute Gasteiger partial charge is 0.222 e. The third kappa shape index (κ3) is 4.09. The van der Waals surface area contributed by atoms with Crippen molar-refractivity contribution in [2.24, 2.45) is 0 Å². The van der Waals surface area contributed by atoms with Gasteiger partial charge in [-0.05, 0) is 19.9 Å². The molecule has 1 aliphatic heterocycles. The monoisotopic (exact) mass is 200 g/mol. The highest BCUT2D eigenvalue weighted by atomic mass is 16.2. The van der Waals surface area contributed by atoms with E-state index in [-0.39, 0.29) is 0 Å². The fraction of sp³-hybridized carbons (Fsp3) is 0.909. The number of nitrogens with one attached hydrogen (secondary N) is 1. The molecule has 0 atom stereocenters. The third-order valence-corrected chi connectivity index (χ3v) is 2.56. The molecule has 1 rings (SSSR count). The van der Waals surface area contributed by atoms with Crippen molar-refractivity contribution < 1.29 is 4.79 Å². The van der Waals surface area contributed by atoms with Crippen LogP contribution in [0.2, 0.25) is 0 Å². The number of hydrogen-bond donors (Lipinski definition) is 1. The minimum absolute atomic E-state index is 0.296. The Morgan fingerprint density at radius 3 is 2.21 bits per heavy atom. The Kier molecular flexibility index (Phi) is 7.48. The van der Waals surface area contributed by atoms with E-state index >= 15 is 0 Å². The Bertz CT molecular complexity index is 151. The number of rotatable bonds is 2. The van der Waals surface area contributed by atoms with E-state index in [2.05, 4.69) is 5.32 Å². The van der Waals surface area contributed by atoms with Crippen LogP contribution in [-0.4, -0.2) is 37.0 Å². The molecule has 0 saturated carbocycles. The lowest BCUT2D eigenvalue weighted by molar-refractivity contribution is -0.131. The first-order valence-electron chi connectivity index (χ1n) is 5.73. The van der Waals surface area contributed by atoms with Crippen LogP contribution in [0.3, 0.4) is 0 Å². The summed E-state index contributed by atoms with van der Waals surface area (Å²) in [5.41, 5.74) is 0. The second kappa shape index (κ2) is 7.80. The van der Waals surface area contributed by atoms with Gasteiger partial charge in [-0.3, -0.25) is 4.79 Å². The average Bonchev–Trinajstić information content (AvgIpc) is 2.31. The number of piperidine rings is 1. The number of amides is 1. The highest BCUT2D eigenvalue weighted by molar-refractivity contribution is 5.75. The van der Waals surface area contributed by atoms with Gasteiger partial charge in [0.2, 0.25) is 5.91 Å². The molecule has 1 heterocycles. The van der Waals surface area contributed by atoms with E-state index in [1.807, 2.05) is 32.7 Å². The quantitative estimate of drug-likeness (QED) is 0.735. The second-order valence-electron chi connectivity index (χ2n) is 3.30. The van der Waals surface area contributed by atoms with Gasteiger partial charge < -0.3 is 10.2 Å². The van der Waals surface area contributed by atoms with Crippen molar-refractivity contribution in [2.75, 3.05) is 20.1 Å². The van der Waals surface area contributed by atoms with Crippen molar-refractivity contribution in [3.05, 3.63) is 0 Å². The topological polar surface area (TPSA) is 32.3 Å².